The second kappa shape index (κ2) is 4.36. The van der Waals surface area contributed by atoms with Crippen molar-refractivity contribution in [1.82, 2.24) is 0 Å². The Morgan fingerprint density at radius 2 is 1.76 bits per heavy atom. The molecular formula is C16H25N. The number of hydrogen-bond acceptors (Lipinski definition) is 1. The number of nitrogens with two attached hydrogens (primary N) is 1. The van der Waals surface area contributed by atoms with E-state index in [1.807, 2.05) is 0 Å². The van der Waals surface area contributed by atoms with E-state index in [2.05, 4.69) is 45.9 Å². The zero-order chi connectivity index (χ0) is 12.6. The van der Waals surface area contributed by atoms with Crippen LogP contribution >= 0.6 is 0 Å². The number of benzene rings is 1. The Morgan fingerprint density at radius 3 is 2.35 bits per heavy atom. The Hall–Kier alpha value is -0.980. The fraction of sp³-hybridized carbons (Fsp3) is 0.625. The van der Waals surface area contributed by atoms with E-state index in [9.17, 15) is 0 Å². The third-order valence-corrected chi connectivity index (χ3v) is 4.73. The van der Waals surface area contributed by atoms with E-state index in [0.29, 0.717) is 17.3 Å². The van der Waals surface area contributed by atoms with Crippen LogP contribution in [0.3, 0.4) is 0 Å². The third kappa shape index (κ3) is 1.86. The average molecular weight is 231 g/mol. The highest BCUT2D eigenvalue weighted by Gasteiger charge is 2.41. The first-order valence-electron chi connectivity index (χ1n) is 6.87. The van der Waals surface area contributed by atoms with Gasteiger partial charge in [0.05, 0.1) is 0 Å². The molecule has 1 nitrogen and oxygen atoms in total. The Labute approximate surface area is 105 Å². The summed E-state index contributed by atoms with van der Waals surface area (Å²) in [7, 11) is 0. The smallest absolute Gasteiger partial charge is 0.0317 e. The lowest BCUT2D eigenvalue weighted by Crippen LogP contribution is -2.41. The highest BCUT2D eigenvalue weighted by molar-refractivity contribution is 5.49. The fourth-order valence-electron chi connectivity index (χ4n) is 3.82. The standard InChI is InChI=1S/C16H25N/c1-11(2)16(12(3)4)9-5-6-13-7-8-14(17)10-15(13)16/h7-8,10-12H,5-6,9,17H2,1-4H3. The highest BCUT2D eigenvalue weighted by atomic mass is 14.6. The van der Waals surface area contributed by atoms with Crippen LogP contribution in [0.1, 0.15) is 51.7 Å². The van der Waals surface area contributed by atoms with Gasteiger partial charge in [-0.15, -0.1) is 0 Å². The van der Waals surface area contributed by atoms with Crippen LogP contribution in [0.2, 0.25) is 0 Å². The van der Waals surface area contributed by atoms with Crippen molar-refractivity contribution in [3.63, 3.8) is 0 Å². The second-order valence-electron chi connectivity index (χ2n) is 6.12. The first kappa shape index (κ1) is 12.5. The van der Waals surface area contributed by atoms with Crippen LogP contribution in [-0.2, 0) is 11.8 Å². The molecule has 0 aromatic heterocycles. The van der Waals surface area contributed by atoms with Crippen molar-refractivity contribution in [1.29, 1.82) is 0 Å². The van der Waals surface area contributed by atoms with E-state index in [0.717, 1.165) is 5.69 Å². The van der Waals surface area contributed by atoms with Gasteiger partial charge in [-0.3, -0.25) is 0 Å². The largest absolute Gasteiger partial charge is 0.399 e. The van der Waals surface area contributed by atoms with E-state index >= 15 is 0 Å². The lowest BCUT2D eigenvalue weighted by molar-refractivity contribution is 0.186. The van der Waals surface area contributed by atoms with Crippen LogP contribution < -0.4 is 5.73 Å². The number of anilines is 1. The molecule has 0 radical (unpaired) electrons. The summed E-state index contributed by atoms with van der Waals surface area (Å²) < 4.78 is 0. The molecule has 0 atom stereocenters. The summed E-state index contributed by atoms with van der Waals surface area (Å²) in [6.07, 6.45) is 3.84. The molecule has 0 amide bonds. The van der Waals surface area contributed by atoms with Crippen LogP contribution in [0.25, 0.3) is 0 Å². The van der Waals surface area contributed by atoms with Crippen LogP contribution in [-0.4, -0.2) is 0 Å². The first-order chi connectivity index (χ1) is 7.98. The van der Waals surface area contributed by atoms with Gasteiger partial charge in [-0.2, -0.15) is 0 Å². The molecule has 1 aromatic rings. The van der Waals surface area contributed by atoms with Crippen LogP contribution in [0.15, 0.2) is 18.2 Å². The number of hydrogen-bond donors (Lipinski definition) is 1. The minimum Gasteiger partial charge on any atom is -0.399 e. The third-order valence-electron chi connectivity index (χ3n) is 4.73. The molecule has 0 unspecified atom stereocenters. The van der Waals surface area contributed by atoms with Gasteiger partial charge in [-0.05, 0) is 54.4 Å². The van der Waals surface area contributed by atoms with E-state index in [1.54, 1.807) is 0 Å². The quantitative estimate of drug-likeness (QED) is 0.760. The molecule has 0 spiro atoms. The molecule has 0 aliphatic heterocycles. The Balaban J connectivity index is 2.61. The minimum absolute atomic E-state index is 0.322. The number of rotatable bonds is 2. The van der Waals surface area contributed by atoms with Crippen molar-refractivity contribution in [2.45, 2.75) is 52.4 Å². The summed E-state index contributed by atoms with van der Waals surface area (Å²) in [4.78, 5) is 0. The van der Waals surface area contributed by atoms with Gasteiger partial charge < -0.3 is 5.73 Å². The van der Waals surface area contributed by atoms with E-state index in [4.69, 9.17) is 5.73 Å². The summed E-state index contributed by atoms with van der Waals surface area (Å²) in [5.74, 6) is 1.34. The molecule has 2 N–H and O–H groups in total. The molecule has 0 bridgehead atoms. The molecule has 17 heavy (non-hydrogen) atoms. The number of aryl methyl sites for hydroxylation is 1. The molecule has 0 saturated carbocycles. The maximum atomic E-state index is 6.00. The van der Waals surface area contributed by atoms with Gasteiger partial charge in [0.1, 0.15) is 0 Å². The van der Waals surface area contributed by atoms with Crippen molar-refractivity contribution >= 4 is 5.69 Å². The van der Waals surface area contributed by atoms with Gasteiger partial charge in [0, 0.05) is 11.1 Å². The summed E-state index contributed by atoms with van der Waals surface area (Å²) in [6, 6.07) is 6.52. The summed E-state index contributed by atoms with van der Waals surface area (Å²) in [6.45, 7) is 9.44. The average Bonchev–Trinajstić information content (AvgIpc) is 2.27. The van der Waals surface area contributed by atoms with Crippen molar-refractivity contribution in [3.05, 3.63) is 29.3 Å². The topological polar surface area (TPSA) is 26.0 Å². The predicted molar refractivity (Wildman–Crippen MR) is 75.1 cm³/mol. The molecular weight excluding hydrogens is 206 g/mol. The lowest BCUT2D eigenvalue weighted by Gasteiger charge is -2.46. The van der Waals surface area contributed by atoms with Gasteiger partial charge in [-0.25, -0.2) is 0 Å². The normalized spacial score (nSPS) is 18.5. The zero-order valence-corrected chi connectivity index (χ0v) is 11.6. The predicted octanol–water partition coefficient (Wildman–Crippen LogP) is 4.15. The molecule has 1 aliphatic carbocycles. The van der Waals surface area contributed by atoms with Crippen LogP contribution in [0, 0.1) is 11.8 Å². The van der Waals surface area contributed by atoms with Gasteiger partial charge >= 0.3 is 0 Å². The first-order valence-corrected chi connectivity index (χ1v) is 6.87. The SMILES string of the molecule is CC(C)C1(C(C)C)CCCc2ccc(N)cc21. The minimum atomic E-state index is 0.322. The summed E-state index contributed by atoms with van der Waals surface area (Å²) >= 11 is 0. The molecule has 0 fully saturated rings. The number of fused-ring (bicyclic) bond motifs is 1. The summed E-state index contributed by atoms with van der Waals surface area (Å²) in [5.41, 5.74) is 10.3. The molecule has 0 heterocycles. The fourth-order valence-corrected chi connectivity index (χ4v) is 3.82. The lowest BCUT2D eigenvalue weighted by atomic mass is 9.58. The van der Waals surface area contributed by atoms with E-state index in [1.165, 1.54) is 30.4 Å². The monoisotopic (exact) mass is 231 g/mol. The van der Waals surface area contributed by atoms with Crippen LogP contribution in [0.4, 0.5) is 5.69 Å². The zero-order valence-electron chi connectivity index (χ0n) is 11.6. The van der Waals surface area contributed by atoms with Crippen molar-refractivity contribution in [3.8, 4) is 0 Å². The molecule has 1 aromatic carbocycles. The Bertz CT molecular complexity index is 396. The molecule has 1 aliphatic rings. The molecule has 2 rings (SSSR count). The van der Waals surface area contributed by atoms with E-state index in [-0.39, 0.29) is 0 Å². The molecule has 1 heteroatoms. The van der Waals surface area contributed by atoms with E-state index < -0.39 is 0 Å². The number of nitrogen functional groups attached to an aromatic ring is 1. The van der Waals surface area contributed by atoms with Crippen molar-refractivity contribution in [2.24, 2.45) is 11.8 Å². The van der Waals surface area contributed by atoms with Crippen LogP contribution in [0.5, 0.6) is 0 Å². The maximum Gasteiger partial charge on any atom is 0.0317 e. The molecule has 94 valence electrons. The maximum absolute atomic E-state index is 6.00. The highest BCUT2D eigenvalue weighted by Crippen LogP contribution is 2.48. The summed E-state index contributed by atoms with van der Waals surface area (Å²) in [5, 5.41) is 0. The van der Waals surface area contributed by atoms with Gasteiger partial charge in [0.2, 0.25) is 0 Å². The second-order valence-corrected chi connectivity index (χ2v) is 6.12. The van der Waals surface area contributed by atoms with Gasteiger partial charge in [-0.1, -0.05) is 33.8 Å². The van der Waals surface area contributed by atoms with Crippen molar-refractivity contribution in [2.75, 3.05) is 5.73 Å². The van der Waals surface area contributed by atoms with Crippen molar-refractivity contribution < 1.29 is 0 Å². The Morgan fingerprint density at radius 1 is 1.12 bits per heavy atom. The molecule has 0 saturated heterocycles. The van der Waals surface area contributed by atoms with Gasteiger partial charge in [0.25, 0.3) is 0 Å². The Kier molecular flexibility index (Phi) is 3.20. The van der Waals surface area contributed by atoms with Gasteiger partial charge in [0.15, 0.2) is 0 Å².